The number of aliphatic hydroxyl groups is 4. The number of pyridine rings is 4. The number of halogens is 2. The summed E-state index contributed by atoms with van der Waals surface area (Å²) >= 11 is 0. The van der Waals surface area contributed by atoms with Gasteiger partial charge in [-0.3, -0.25) is 28.2 Å². The van der Waals surface area contributed by atoms with Gasteiger partial charge in [-0.1, -0.05) is 38.1 Å². The first-order chi connectivity index (χ1) is 37.9. The molecule has 0 saturated carbocycles. The Morgan fingerprint density at radius 3 is 1.45 bits per heavy atom. The number of aliphatic hydroxyl groups excluding tert-OH is 4. The fourth-order valence-electron chi connectivity index (χ4n) is 11.4. The van der Waals surface area contributed by atoms with Gasteiger partial charge in [0.2, 0.25) is 0 Å². The van der Waals surface area contributed by atoms with Gasteiger partial charge >= 0.3 is 0 Å². The molecule has 0 bridgehead atoms. The molecule has 4 atom stereocenters. The SMILES string of the molecule is CC[C@@H](CO)c1ccc(Nc2ccc(-c3cnc4cc(F)ccn34)c3c2C(=O)NC3)nc1CN1CC[C@H](O)C1.CC[C@H](CO)c1ccc(Nc2ccc(-c3cnc4cc(F)ccn34)c3c2C(=O)NC3)nc1CN1CC[C@H](O)C1. The molecule has 6 aromatic heterocycles. The summed E-state index contributed by atoms with van der Waals surface area (Å²) < 4.78 is 31.0. The molecule has 20 heteroatoms. The molecule has 8 N–H and O–H groups in total. The maximum atomic E-state index is 13.7. The summed E-state index contributed by atoms with van der Waals surface area (Å²) in [7, 11) is 0. The highest BCUT2D eigenvalue weighted by Gasteiger charge is 2.31. The van der Waals surface area contributed by atoms with Crippen molar-refractivity contribution in [2.45, 2.75) is 89.8 Å². The topological polar surface area (TPSA) is 230 Å². The molecule has 12 rings (SSSR count). The van der Waals surface area contributed by atoms with E-state index in [4.69, 9.17) is 9.97 Å². The molecule has 10 heterocycles. The highest BCUT2D eigenvalue weighted by Crippen LogP contribution is 2.38. The Labute approximate surface area is 448 Å². The summed E-state index contributed by atoms with van der Waals surface area (Å²) in [6.45, 7) is 8.82. The molecule has 8 aromatic rings. The number of anilines is 4. The van der Waals surface area contributed by atoms with E-state index in [0.29, 0.717) is 84.7 Å². The average Bonchev–Trinajstić information content (AvgIpc) is 4.48. The molecular weight excluding hydrogens is 999 g/mol. The van der Waals surface area contributed by atoms with Gasteiger partial charge in [0.05, 0.1) is 69.9 Å². The highest BCUT2D eigenvalue weighted by molar-refractivity contribution is 6.07. The summed E-state index contributed by atoms with van der Waals surface area (Å²) in [6, 6.07) is 20.8. The number of hydrogen-bond donors (Lipinski definition) is 8. The van der Waals surface area contributed by atoms with Gasteiger partial charge in [-0.15, -0.1) is 0 Å². The van der Waals surface area contributed by atoms with Gasteiger partial charge in [0, 0.05) is 113 Å². The molecular formula is C58H62F2N12O6. The number of nitrogens with one attached hydrogen (secondary N) is 4. The zero-order valence-corrected chi connectivity index (χ0v) is 43.4. The van der Waals surface area contributed by atoms with Crippen molar-refractivity contribution < 1.29 is 38.8 Å². The van der Waals surface area contributed by atoms with Crippen molar-refractivity contribution in [1.29, 1.82) is 0 Å². The zero-order chi connectivity index (χ0) is 54.2. The molecule has 78 heavy (non-hydrogen) atoms. The number of nitrogens with zero attached hydrogens (tertiary/aromatic N) is 8. The summed E-state index contributed by atoms with van der Waals surface area (Å²) in [5.41, 5.74) is 12.0. The monoisotopic (exact) mass is 1060 g/mol. The van der Waals surface area contributed by atoms with Crippen LogP contribution in [0.2, 0.25) is 0 Å². The second-order valence-electron chi connectivity index (χ2n) is 20.5. The number of carbonyl (C=O) groups excluding carboxylic acids is 2. The fourth-order valence-corrected chi connectivity index (χ4v) is 11.4. The van der Waals surface area contributed by atoms with E-state index in [-0.39, 0.29) is 60.7 Å². The summed E-state index contributed by atoms with van der Waals surface area (Å²) in [5.74, 6) is 0.0765. The first kappa shape index (κ1) is 52.3. The van der Waals surface area contributed by atoms with Crippen LogP contribution in [0.3, 0.4) is 0 Å². The Bertz CT molecular complexity index is 3330. The van der Waals surface area contributed by atoms with Crippen LogP contribution >= 0.6 is 0 Å². The number of fused-ring (bicyclic) bond motifs is 4. The van der Waals surface area contributed by atoms with E-state index in [1.807, 2.05) is 71.2 Å². The van der Waals surface area contributed by atoms with E-state index < -0.39 is 0 Å². The maximum Gasteiger partial charge on any atom is 0.254 e. The van der Waals surface area contributed by atoms with E-state index in [1.165, 1.54) is 24.3 Å². The Hall–Kier alpha value is -7.72. The molecule has 0 aliphatic carbocycles. The van der Waals surface area contributed by atoms with Gasteiger partial charge in [-0.25, -0.2) is 28.7 Å². The molecule has 2 amide bonds. The summed E-state index contributed by atoms with van der Waals surface area (Å²) in [4.78, 5) is 48.8. The zero-order valence-electron chi connectivity index (χ0n) is 43.4. The van der Waals surface area contributed by atoms with Crippen molar-refractivity contribution >= 4 is 46.1 Å². The number of hydrogen-bond acceptors (Lipinski definition) is 14. The third-order valence-electron chi connectivity index (χ3n) is 15.5. The number of benzene rings is 2. The second kappa shape index (κ2) is 22.3. The quantitative estimate of drug-likeness (QED) is 0.0481. The third kappa shape index (κ3) is 10.4. The lowest BCUT2D eigenvalue weighted by molar-refractivity contribution is 0.0958. The summed E-state index contributed by atoms with van der Waals surface area (Å²) in [6.07, 6.45) is 9.02. The Morgan fingerprint density at radius 2 is 1.06 bits per heavy atom. The van der Waals surface area contributed by atoms with Gasteiger partial charge < -0.3 is 41.7 Å². The minimum absolute atomic E-state index is 0.0256. The largest absolute Gasteiger partial charge is 0.396 e. The van der Waals surface area contributed by atoms with Crippen molar-refractivity contribution in [2.24, 2.45) is 0 Å². The number of rotatable bonds is 16. The number of amides is 2. The van der Waals surface area contributed by atoms with Crippen LogP contribution in [0.5, 0.6) is 0 Å². The van der Waals surface area contributed by atoms with Crippen molar-refractivity contribution in [3.8, 4) is 22.5 Å². The van der Waals surface area contributed by atoms with E-state index in [2.05, 4.69) is 41.0 Å². The molecule has 404 valence electrons. The van der Waals surface area contributed by atoms with Crippen LogP contribution in [0.15, 0.2) is 97.6 Å². The summed E-state index contributed by atoms with van der Waals surface area (Å²) in [5, 5.41) is 52.5. The molecule has 2 aromatic carbocycles. The average molecular weight is 1060 g/mol. The van der Waals surface area contributed by atoms with Gasteiger partial charge in [0.15, 0.2) is 0 Å². The van der Waals surface area contributed by atoms with Crippen molar-refractivity contribution in [3.63, 3.8) is 0 Å². The number of imidazole rings is 2. The van der Waals surface area contributed by atoms with Crippen LogP contribution in [-0.2, 0) is 26.2 Å². The van der Waals surface area contributed by atoms with Gasteiger partial charge in [0.25, 0.3) is 11.8 Å². The van der Waals surface area contributed by atoms with Crippen LogP contribution < -0.4 is 21.3 Å². The minimum Gasteiger partial charge on any atom is -0.396 e. The lowest BCUT2D eigenvalue weighted by Crippen LogP contribution is -2.24. The fraction of sp³-hybridized carbons (Fsp3) is 0.345. The molecule has 4 aliphatic heterocycles. The van der Waals surface area contributed by atoms with Gasteiger partial charge in [-0.2, -0.15) is 0 Å². The molecule has 4 aliphatic rings. The van der Waals surface area contributed by atoms with Crippen LogP contribution in [0.25, 0.3) is 33.8 Å². The first-order valence-corrected chi connectivity index (χ1v) is 26.6. The molecule has 0 unspecified atom stereocenters. The second-order valence-corrected chi connectivity index (χ2v) is 20.5. The van der Waals surface area contributed by atoms with Crippen LogP contribution in [0, 0.1) is 11.6 Å². The molecule has 2 saturated heterocycles. The maximum absolute atomic E-state index is 13.7. The van der Waals surface area contributed by atoms with Gasteiger partial charge in [-0.05, 0) is 84.3 Å². The van der Waals surface area contributed by atoms with Crippen molar-refractivity contribution in [3.05, 3.63) is 154 Å². The Balaban J connectivity index is 0.000000165. The van der Waals surface area contributed by atoms with Gasteiger partial charge in [0.1, 0.15) is 34.6 Å². The van der Waals surface area contributed by atoms with E-state index in [1.54, 1.807) is 24.8 Å². The molecule has 2 fully saturated rings. The number of β-amino-alcohol motifs (C(OH)–C–C–N with tert-alkyl or cyclic N) is 2. The smallest absolute Gasteiger partial charge is 0.254 e. The first-order valence-electron chi connectivity index (χ1n) is 26.6. The Kier molecular flexibility index (Phi) is 15.0. The lowest BCUT2D eigenvalue weighted by atomic mass is 9.95. The van der Waals surface area contributed by atoms with E-state index >= 15 is 0 Å². The highest BCUT2D eigenvalue weighted by atomic mass is 19.1. The van der Waals surface area contributed by atoms with Crippen molar-refractivity contribution in [2.75, 3.05) is 50.0 Å². The number of carbonyl (C=O) groups is 2. The Morgan fingerprint density at radius 1 is 0.628 bits per heavy atom. The third-order valence-corrected chi connectivity index (χ3v) is 15.5. The van der Waals surface area contributed by atoms with Crippen molar-refractivity contribution in [1.82, 2.24) is 49.2 Å². The normalized spacial score (nSPS) is 17.9. The molecule has 0 spiro atoms. The van der Waals surface area contributed by atoms with Crippen LogP contribution in [-0.4, -0.2) is 122 Å². The molecule has 18 nitrogen and oxygen atoms in total. The number of aromatic nitrogens is 6. The molecule has 0 radical (unpaired) electrons. The number of likely N-dealkylation sites (tertiary alicyclic amines) is 2. The standard InChI is InChI=1S/2C29H31FN6O3/c2*1-2-17(16-37)20-4-6-26(34-24(20)15-35-9-8-19(38)14-35)33-23-5-3-21(22-12-32-29(39)28(22)23)25-13-31-27-11-18(30)7-10-36(25)27/h2*3-7,10-11,13,17,19,37-38H,2,8-9,12,14-16H2,1H3,(H,32,39)(H,33,34)/t17-,19+;17-,19-/m10/s1. The predicted octanol–water partition coefficient (Wildman–Crippen LogP) is 7.15. The van der Waals surface area contributed by atoms with E-state index in [9.17, 15) is 38.8 Å². The van der Waals surface area contributed by atoms with Crippen LogP contribution in [0.1, 0.15) is 106 Å². The van der Waals surface area contributed by atoms with Crippen LogP contribution in [0.4, 0.5) is 31.8 Å². The lowest BCUT2D eigenvalue weighted by Gasteiger charge is -2.22. The minimum atomic E-state index is -0.357. The predicted molar refractivity (Wildman–Crippen MR) is 291 cm³/mol. The van der Waals surface area contributed by atoms with E-state index in [0.717, 1.165) is 94.9 Å².